The van der Waals surface area contributed by atoms with E-state index in [1.54, 1.807) is 6.92 Å². The third kappa shape index (κ3) is 8.22. The average Bonchev–Trinajstić information content (AvgIpc) is 2.08. The topological polar surface area (TPSA) is 97.7 Å². The van der Waals surface area contributed by atoms with Gasteiger partial charge in [0.25, 0.3) is 0 Å². The molecular formula is C9H16O6S. The minimum atomic E-state index is -3.76. The number of aliphatic carboxylic acids is 1. The second kappa shape index (κ2) is 6.47. The Labute approximate surface area is 94.7 Å². The molecule has 0 saturated heterocycles. The molecule has 0 spiro atoms. The van der Waals surface area contributed by atoms with E-state index in [0.717, 1.165) is 6.26 Å². The predicted molar refractivity (Wildman–Crippen MR) is 56.2 cm³/mol. The molecule has 0 aliphatic rings. The molecule has 0 amide bonds. The summed E-state index contributed by atoms with van der Waals surface area (Å²) in [5.74, 6) is -2.22. The van der Waals surface area contributed by atoms with Gasteiger partial charge in [0.1, 0.15) is 0 Å². The molecule has 0 saturated carbocycles. The van der Waals surface area contributed by atoms with Gasteiger partial charge >= 0.3 is 22.1 Å². The van der Waals surface area contributed by atoms with Crippen molar-refractivity contribution in [3.8, 4) is 0 Å². The van der Waals surface area contributed by atoms with E-state index in [1.807, 2.05) is 0 Å². The maximum Gasteiger partial charge on any atom is 0.324 e. The van der Waals surface area contributed by atoms with Gasteiger partial charge in [-0.05, 0) is 12.8 Å². The number of carboxylic acids is 1. The normalized spacial score (nSPS) is 13.1. The minimum absolute atomic E-state index is 0.0494. The molecule has 6 nitrogen and oxygen atoms in total. The minimum Gasteiger partial charge on any atom is -0.481 e. The van der Waals surface area contributed by atoms with Gasteiger partial charge in [-0.3, -0.25) is 9.59 Å². The summed E-state index contributed by atoms with van der Waals surface area (Å²) in [6.07, 6.45) is 2.29. The molecule has 0 aromatic heterocycles. The van der Waals surface area contributed by atoms with Crippen molar-refractivity contribution < 1.29 is 27.3 Å². The standard InChI is InChI=1S/C9H16O6S/c1-7(5-3-4-6-8(10)11)9(12)15-16(2,13)14/h7H,3-6H2,1-2H3,(H,10,11). The summed E-state index contributed by atoms with van der Waals surface area (Å²) in [5, 5.41) is 8.37. The Morgan fingerprint density at radius 2 is 1.88 bits per heavy atom. The van der Waals surface area contributed by atoms with Gasteiger partial charge in [0.05, 0.1) is 12.2 Å². The molecule has 0 aliphatic heterocycles. The van der Waals surface area contributed by atoms with Crippen molar-refractivity contribution in [2.75, 3.05) is 6.26 Å². The number of hydrogen-bond acceptors (Lipinski definition) is 5. The molecular weight excluding hydrogens is 236 g/mol. The molecule has 0 aromatic rings. The number of carbonyl (C=O) groups excluding carboxylic acids is 1. The van der Waals surface area contributed by atoms with Gasteiger partial charge in [0.15, 0.2) is 0 Å². The van der Waals surface area contributed by atoms with Crippen LogP contribution in [0.4, 0.5) is 0 Å². The van der Waals surface area contributed by atoms with Crippen molar-refractivity contribution >= 4 is 22.1 Å². The van der Waals surface area contributed by atoms with Gasteiger partial charge in [-0.2, -0.15) is 8.42 Å². The van der Waals surface area contributed by atoms with Crippen LogP contribution in [0.3, 0.4) is 0 Å². The average molecular weight is 252 g/mol. The second-order valence-electron chi connectivity index (χ2n) is 3.65. The van der Waals surface area contributed by atoms with Crippen LogP contribution >= 0.6 is 0 Å². The summed E-state index contributed by atoms with van der Waals surface area (Å²) < 4.78 is 25.5. The lowest BCUT2D eigenvalue weighted by Gasteiger charge is -2.08. The fraction of sp³-hybridized carbons (Fsp3) is 0.778. The zero-order chi connectivity index (χ0) is 12.8. The molecule has 16 heavy (non-hydrogen) atoms. The van der Waals surface area contributed by atoms with Crippen LogP contribution in [0.1, 0.15) is 32.6 Å². The third-order valence-electron chi connectivity index (χ3n) is 1.91. The maximum absolute atomic E-state index is 11.2. The molecule has 1 N–H and O–H groups in total. The van der Waals surface area contributed by atoms with Crippen LogP contribution in [0, 0.1) is 5.92 Å². The molecule has 0 rings (SSSR count). The van der Waals surface area contributed by atoms with Crippen LogP contribution in [0.25, 0.3) is 0 Å². The van der Waals surface area contributed by atoms with Crippen molar-refractivity contribution in [3.63, 3.8) is 0 Å². The molecule has 0 aromatic carbocycles. The first-order valence-electron chi connectivity index (χ1n) is 4.87. The van der Waals surface area contributed by atoms with Gasteiger partial charge in [0, 0.05) is 6.42 Å². The van der Waals surface area contributed by atoms with E-state index in [0.29, 0.717) is 19.3 Å². The zero-order valence-electron chi connectivity index (χ0n) is 9.30. The second-order valence-corrected chi connectivity index (χ2v) is 5.22. The highest BCUT2D eigenvalue weighted by molar-refractivity contribution is 7.86. The lowest BCUT2D eigenvalue weighted by Crippen LogP contribution is -2.18. The Bertz CT molecular complexity index is 345. The predicted octanol–water partition coefficient (Wildman–Crippen LogP) is 0.770. The zero-order valence-corrected chi connectivity index (χ0v) is 10.1. The monoisotopic (exact) mass is 252 g/mol. The first-order valence-corrected chi connectivity index (χ1v) is 6.69. The van der Waals surface area contributed by atoms with Crippen molar-refractivity contribution in [2.24, 2.45) is 5.92 Å². The molecule has 0 heterocycles. The first-order chi connectivity index (χ1) is 7.22. The highest BCUT2D eigenvalue weighted by Gasteiger charge is 2.18. The number of hydrogen-bond donors (Lipinski definition) is 1. The highest BCUT2D eigenvalue weighted by atomic mass is 32.2. The molecule has 7 heteroatoms. The Kier molecular flexibility index (Phi) is 6.02. The third-order valence-corrected chi connectivity index (χ3v) is 2.38. The lowest BCUT2D eigenvalue weighted by molar-refractivity contribution is -0.138. The summed E-state index contributed by atoms with van der Waals surface area (Å²) in [6, 6.07) is 0. The summed E-state index contributed by atoms with van der Waals surface area (Å²) in [6.45, 7) is 1.55. The van der Waals surface area contributed by atoms with E-state index in [-0.39, 0.29) is 6.42 Å². The summed E-state index contributed by atoms with van der Waals surface area (Å²) >= 11 is 0. The van der Waals surface area contributed by atoms with Crippen LogP contribution in [0.2, 0.25) is 0 Å². The number of carboxylic acid groups (broad SMARTS) is 1. The first kappa shape index (κ1) is 14.9. The summed E-state index contributed by atoms with van der Waals surface area (Å²) in [5.41, 5.74) is 0. The molecule has 0 aliphatic carbocycles. The van der Waals surface area contributed by atoms with Gasteiger partial charge in [-0.15, -0.1) is 0 Å². The van der Waals surface area contributed by atoms with Crippen LogP contribution in [-0.4, -0.2) is 31.7 Å². The molecule has 0 radical (unpaired) electrons. The maximum atomic E-state index is 11.2. The Balaban J connectivity index is 3.84. The van der Waals surface area contributed by atoms with Gasteiger partial charge in [0.2, 0.25) is 0 Å². The lowest BCUT2D eigenvalue weighted by atomic mass is 10.0. The van der Waals surface area contributed by atoms with Crippen molar-refractivity contribution in [2.45, 2.75) is 32.6 Å². The SMILES string of the molecule is CC(CCCCC(=O)O)C(=O)OS(C)(=O)=O. The van der Waals surface area contributed by atoms with Crippen molar-refractivity contribution in [1.82, 2.24) is 0 Å². The van der Waals surface area contributed by atoms with Crippen LogP contribution in [0.5, 0.6) is 0 Å². The fourth-order valence-electron chi connectivity index (χ4n) is 1.08. The largest absolute Gasteiger partial charge is 0.481 e. The van der Waals surface area contributed by atoms with E-state index in [9.17, 15) is 18.0 Å². The molecule has 0 fully saturated rings. The van der Waals surface area contributed by atoms with Gasteiger partial charge in [-0.25, -0.2) is 0 Å². The van der Waals surface area contributed by atoms with Crippen molar-refractivity contribution in [1.29, 1.82) is 0 Å². The smallest absolute Gasteiger partial charge is 0.324 e. The number of unbranched alkanes of at least 4 members (excludes halogenated alkanes) is 1. The molecule has 94 valence electrons. The van der Waals surface area contributed by atoms with Crippen LogP contribution < -0.4 is 0 Å². The van der Waals surface area contributed by atoms with Gasteiger partial charge < -0.3 is 9.29 Å². The quantitative estimate of drug-likeness (QED) is 0.531. The van der Waals surface area contributed by atoms with E-state index < -0.39 is 28.0 Å². The van der Waals surface area contributed by atoms with Crippen molar-refractivity contribution in [3.05, 3.63) is 0 Å². The Morgan fingerprint density at radius 3 is 2.31 bits per heavy atom. The summed E-state index contributed by atoms with van der Waals surface area (Å²) in [7, 11) is -3.76. The van der Waals surface area contributed by atoms with Crippen LogP contribution in [-0.2, 0) is 23.9 Å². The molecule has 1 unspecified atom stereocenters. The Hall–Kier alpha value is -1.11. The van der Waals surface area contributed by atoms with E-state index in [1.165, 1.54) is 0 Å². The molecule has 1 atom stereocenters. The number of rotatable bonds is 7. The fourth-order valence-corrected chi connectivity index (χ4v) is 1.54. The van der Waals surface area contributed by atoms with E-state index in [2.05, 4.69) is 4.18 Å². The van der Waals surface area contributed by atoms with Gasteiger partial charge in [-0.1, -0.05) is 13.3 Å². The highest BCUT2D eigenvalue weighted by Crippen LogP contribution is 2.12. The molecule has 0 bridgehead atoms. The van der Waals surface area contributed by atoms with Crippen LogP contribution in [0.15, 0.2) is 0 Å². The van der Waals surface area contributed by atoms with E-state index >= 15 is 0 Å². The number of carbonyl (C=O) groups is 2. The van der Waals surface area contributed by atoms with E-state index in [4.69, 9.17) is 5.11 Å². The Morgan fingerprint density at radius 1 is 1.31 bits per heavy atom. The summed E-state index contributed by atoms with van der Waals surface area (Å²) in [4.78, 5) is 21.4.